The van der Waals surface area contributed by atoms with Crippen molar-refractivity contribution in [3.8, 4) is 5.88 Å². The monoisotopic (exact) mass is 377 g/mol. The van der Waals surface area contributed by atoms with E-state index in [4.69, 9.17) is 4.74 Å². The normalized spacial score (nSPS) is 16.8. The molecule has 0 aliphatic carbocycles. The van der Waals surface area contributed by atoms with Gasteiger partial charge in [0.1, 0.15) is 11.4 Å². The maximum Gasteiger partial charge on any atom is 0.259 e. The van der Waals surface area contributed by atoms with Crippen LogP contribution in [0.15, 0.2) is 55.2 Å². The van der Waals surface area contributed by atoms with Crippen molar-refractivity contribution in [2.75, 3.05) is 20.2 Å². The molecule has 3 aromatic heterocycles. The lowest BCUT2D eigenvalue weighted by Crippen LogP contribution is -2.40. The highest BCUT2D eigenvalue weighted by Crippen LogP contribution is 2.28. The fraction of sp³-hybridized carbons (Fsp3) is 0.333. The van der Waals surface area contributed by atoms with Crippen LogP contribution in [-0.4, -0.2) is 50.5 Å². The molecule has 7 nitrogen and oxygen atoms in total. The SMILES string of the molecule is COc1ncccc1C(=O)N1CCCC(c2nccn2Cc2ccncc2)C1. The lowest BCUT2D eigenvalue weighted by atomic mass is 9.96. The molecule has 4 rings (SSSR count). The molecule has 0 saturated carbocycles. The van der Waals surface area contributed by atoms with Crippen LogP contribution in [0.1, 0.15) is 40.5 Å². The molecule has 7 heteroatoms. The number of rotatable bonds is 5. The van der Waals surface area contributed by atoms with Gasteiger partial charge in [-0.15, -0.1) is 0 Å². The van der Waals surface area contributed by atoms with Gasteiger partial charge in [0.05, 0.1) is 7.11 Å². The second kappa shape index (κ2) is 8.21. The zero-order chi connectivity index (χ0) is 19.3. The van der Waals surface area contributed by atoms with Crippen LogP contribution in [0.25, 0.3) is 0 Å². The van der Waals surface area contributed by atoms with E-state index in [1.165, 1.54) is 12.7 Å². The number of hydrogen-bond donors (Lipinski definition) is 0. The third-order valence-electron chi connectivity index (χ3n) is 5.12. The predicted molar refractivity (Wildman–Crippen MR) is 104 cm³/mol. The molecule has 1 fully saturated rings. The van der Waals surface area contributed by atoms with Gasteiger partial charge >= 0.3 is 0 Å². The van der Waals surface area contributed by atoms with E-state index in [-0.39, 0.29) is 11.8 Å². The highest BCUT2D eigenvalue weighted by molar-refractivity contribution is 5.96. The Hall–Kier alpha value is -3.22. The molecule has 0 N–H and O–H groups in total. The van der Waals surface area contributed by atoms with Gasteiger partial charge in [-0.05, 0) is 42.7 Å². The Labute approximate surface area is 164 Å². The molecule has 1 aliphatic heterocycles. The first-order valence-electron chi connectivity index (χ1n) is 9.44. The number of likely N-dealkylation sites (tertiary alicyclic amines) is 1. The van der Waals surface area contributed by atoms with E-state index in [9.17, 15) is 4.79 Å². The summed E-state index contributed by atoms with van der Waals surface area (Å²) in [6, 6.07) is 7.55. The van der Waals surface area contributed by atoms with Gasteiger partial charge in [-0.2, -0.15) is 0 Å². The third kappa shape index (κ3) is 3.74. The molecule has 1 aliphatic rings. The van der Waals surface area contributed by atoms with Crippen LogP contribution >= 0.6 is 0 Å². The van der Waals surface area contributed by atoms with E-state index < -0.39 is 0 Å². The molecule has 4 heterocycles. The Bertz CT molecular complexity index is 941. The Morgan fingerprint density at radius 2 is 2.04 bits per heavy atom. The topological polar surface area (TPSA) is 73.1 Å². The smallest absolute Gasteiger partial charge is 0.259 e. The average molecular weight is 377 g/mol. The van der Waals surface area contributed by atoms with Crippen molar-refractivity contribution in [1.82, 2.24) is 24.4 Å². The maximum atomic E-state index is 13.0. The number of imidazole rings is 1. The van der Waals surface area contributed by atoms with E-state index in [1.807, 2.05) is 29.4 Å². The second-order valence-corrected chi connectivity index (χ2v) is 6.92. The minimum Gasteiger partial charge on any atom is -0.480 e. The molecule has 0 spiro atoms. The fourth-order valence-corrected chi connectivity index (χ4v) is 3.76. The summed E-state index contributed by atoms with van der Waals surface area (Å²) in [5, 5.41) is 0. The Kier molecular flexibility index (Phi) is 5.32. The van der Waals surface area contributed by atoms with Gasteiger partial charge in [-0.1, -0.05) is 0 Å². The summed E-state index contributed by atoms with van der Waals surface area (Å²) in [5.41, 5.74) is 1.68. The summed E-state index contributed by atoms with van der Waals surface area (Å²) in [5.74, 6) is 1.56. The van der Waals surface area contributed by atoms with Crippen molar-refractivity contribution in [1.29, 1.82) is 0 Å². The van der Waals surface area contributed by atoms with Crippen LogP contribution in [0.3, 0.4) is 0 Å². The van der Waals surface area contributed by atoms with Crippen LogP contribution in [0.5, 0.6) is 5.88 Å². The zero-order valence-electron chi connectivity index (χ0n) is 15.9. The molecule has 0 bridgehead atoms. The summed E-state index contributed by atoms with van der Waals surface area (Å²) < 4.78 is 7.43. The molecule has 0 aromatic carbocycles. The molecule has 28 heavy (non-hydrogen) atoms. The Morgan fingerprint density at radius 1 is 1.18 bits per heavy atom. The van der Waals surface area contributed by atoms with Gasteiger partial charge in [0.15, 0.2) is 0 Å². The van der Waals surface area contributed by atoms with Crippen LogP contribution in [0.2, 0.25) is 0 Å². The molecule has 0 radical (unpaired) electrons. The lowest BCUT2D eigenvalue weighted by molar-refractivity contribution is 0.0699. The maximum absolute atomic E-state index is 13.0. The predicted octanol–water partition coefficient (Wildman–Crippen LogP) is 2.75. The van der Waals surface area contributed by atoms with Crippen molar-refractivity contribution < 1.29 is 9.53 Å². The van der Waals surface area contributed by atoms with E-state index >= 15 is 0 Å². The summed E-state index contributed by atoms with van der Waals surface area (Å²) in [7, 11) is 1.54. The number of piperidine rings is 1. The molecular formula is C21H23N5O2. The molecule has 144 valence electrons. The van der Waals surface area contributed by atoms with E-state index in [2.05, 4.69) is 19.5 Å². The number of carbonyl (C=O) groups is 1. The highest BCUT2D eigenvalue weighted by Gasteiger charge is 2.29. The first-order chi connectivity index (χ1) is 13.8. The fourth-order valence-electron chi connectivity index (χ4n) is 3.76. The van der Waals surface area contributed by atoms with Gasteiger partial charge in [-0.25, -0.2) is 9.97 Å². The molecule has 1 unspecified atom stereocenters. The minimum absolute atomic E-state index is 0.0399. The second-order valence-electron chi connectivity index (χ2n) is 6.92. The largest absolute Gasteiger partial charge is 0.480 e. The van der Waals surface area contributed by atoms with E-state index in [0.717, 1.165) is 31.8 Å². The van der Waals surface area contributed by atoms with Crippen LogP contribution in [0, 0.1) is 0 Å². The van der Waals surface area contributed by atoms with Gasteiger partial charge in [-0.3, -0.25) is 9.78 Å². The third-order valence-corrected chi connectivity index (χ3v) is 5.12. The standard InChI is InChI=1S/C21H23N5O2/c1-28-20-18(5-2-8-24-20)21(27)26-12-3-4-17(15-26)19-23-11-13-25(19)14-16-6-9-22-10-7-16/h2,5-11,13,17H,3-4,12,14-15H2,1H3. The van der Waals surface area contributed by atoms with E-state index in [1.54, 1.807) is 30.7 Å². The first kappa shape index (κ1) is 18.2. The summed E-state index contributed by atoms with van der Waals surface area (Å²) >= 11 is 0. The number of amides is 1. The first-order valence-corrected chi connectivity index (χ1v) is 9.44. The van der Waals surface area contributed by atoms with Crippen molar-refractivity contribution >= 4 is 5.91 Å². The molecule has 1 amide bonds. The minimum atomic E-state index is -0.0399. The quantitative estimate of drug-likeness (QED) is 0.684. The number of aromatic nitrogens is 4. The van der Waals surface area contributed by atoms with Crippen molar-refractivity contribution in [3.05, 3.63) is 72.2 Å². The number of hydrogen-bond acceptors (Lipinski definition) is 5. The summed E-state index contributed by atoms with van der Waals surface area (Å²) in [4.78, 5) is 27.8. The summed E-state index contributed by atoms with van der Waals surface area (Å²) in [6.45, 7) is 2.13. The molecule has 3 aromatic rings. The van der Waals surface area contributed by atoms with Crippen LogP contribution in [0.4, 0.5) is 0 Å². The Balaban J connectivity index is 1.52. The highest BCUT2D eigenvalue weighted by atomic mass is 16.5. The van der Waals surface area contributed by atoms with Gasteiger partial charge < -0.3 is 14.2 Å². The van der Waals surface area contributed by atoms with Crippen molar-refractivity contribution in [2.24, 2.45) is 0 Å². The molecule has 1 saturated heterocycles. The number of methoxy groups -OCH3 is 1. The van der Waals surface area contributed by atoms with E-state index in [0.29, 0.717) is 18.0 Å². The number of carbonyl (C=O) groups excluding carboxylic acids is 1. The van der Waals surface area contributed by atoms with Gasteiger partial charge in [0.25, 0.3) is 5.91 Å². The van der Waals surface area contributed by atoms with Crippen molar-refractivity contribution in [2.45, 2.75) is 25.3 Å². The molecule has 1 atom stereocenters. The van der Waals surface area contributed by atoms with Crippen LogP contribution < -0.4 is 4.74 Å². The van der Waals surface area contributed by atoms with Crippen molar-refractivity contribution in [3.63, 3.8) is 0 Å². The zero-order valence-corrected chi connectivity index (χ0v) is 15.9. The lowest BCUT2D eigenvalue weighted by Gasteiger charge is -2.33. The van der Waals surface area contributed by atoms with Gasteiger partial charge in [0.2, 0.25) is 5.88 Å². The number of ether oxygens (including phenoxy) is 1. The number of nitrogens with zero attached hydrogens (tertiary/aromatic N) is 5. The number of pyridine rings is 2. The molecular weight excluding hydrogens is 354 g/mol. The van der Waals surface area contributed by atoms with Gasteiger partial charge in [0, 0.05) is 56.5 Å². The Morgan fingerprint density at radius 3 is 2.86 bits per heavy atom. The van der Waals surface area contributed by atoms with Crippen LogP contribution in [-0.2, 0) is 6.54 Å². The average Bonchev–Trinajstić information content (AvgIpc) is 3.22. The summed E-state index contributed by atoms with van der Waals surface area (Å²) in [6.07, 6.45) is 11.0.